The van der Waals surface area contributed by atoms with Gasteiger partial charge < -0.3 is 14.9 Å². The first kappa shape index (κ1) is 20.9. The zero-order valence-corrected chi connectivity index (χ0v) is 14.1. The summed E-state index contributed by atoms with van der Waals surface area (Å²) in [6, 6.07) is 0. The van der Waals surface area contributed by atoms with Gasteiger partial charge in [0.05, 0.1) is 5.60 Å². The second-order valence-electron chi connectivity index (χ2n) is 6.16. The summed E-state index contributed by atoms with van der Waals surface area (Å²) in [5.74, 6) is 0. The molecule has 0 saturated carbocycles. The number of hydrogen-bond donors (Lipinski definition) is 2. The van der Waals surface area contributed by atoms with Crippen LogP contribution in [0.3, 0.4) is 0 Å². The van der Waals surface area contributed by atoms with E-state index in [1.165, 1.54) is 57.8 Å². The van der Waals surface area contributed by atoms with E-state index in [-0.39, 0.29) is 13.2 Å². The first-order valence-electron chi connectivity index (χ1n) is 8.89. The number of unbranched alkanes of at least 4 members (excludes halogenated alkanes) is 9. The second kappa shape index (κ2) is 14.8. The van der Waals surface area contributed by atoms with Crippen molar-refractivity contribution in [1.82, 2.24) is 0 Å². The molecule has 0 unspecified atom stereocenters. The van der Waals surface area contributed by atoms with E-state index in [0.717, 1.165) is 6.42 Å². The largest absolute Gasteiger partial charge is 0.396 e. The fourth-order valence-electron chi connectivity index (χ4n) is 2.56. The summed E-state index contributed by atoms with van der Waals surface area (Å²) in [5, 5.41) is 18.0. The highest BCUT2D eigenvalue weighted by Gasteiger charge is 2.23. The molecule has 0 aliphatic heterocycles. The molecule has 0 aliphatic carbocycles. The minimum atomic E-state index is -0.608. The number of aliphatic hydroxyl groups is 2. The van der Waals surface area contributed by atoms with Gasteiger partial charge in [0.25, 0.3) is 0 Å². The Morgan fingerprint density at radius 2 is 1.19 bits per heavy atom. The van der Waals surface area contributed by atoms with Crippen molar-refractivity contribution in [2.24, 2.45) is 0 Å². The van der Waals surface area contributed by atoms with Crippen molar-refractivity contribution in [2.45, 2.75) is 89.6 Å². The Bertz CT molecular complexity index is 201. The van der Waals surface area contributed by atoms with Crippen LogP contribution >= 0.6 is 0 Å². The standard InChI is InChI=1S/C18H37O3/c1-3-4-5-6-7-8-9-10-11-12-17-21-18(2,13-15-19)14-16-20/h19-20H,2-17H2,1H3. The maximum atomic E-state index is 9.00. The highest BCUT2D eigenvalue weighted by Crippen LogP contribution is 2.20. The topological polar surface area (TPSA) is 49.7 Å². The lowest BCUT2D eigenvalue weighted by Crippen LogP contribution is -2.32. The van der Waals surface area contributed by atoms with Crippen LogP contribution in [0.2, 0.25) is 0 Å². The second-order valence-corrected chi connectivity index (χ2v) is 6.16. The van der Waals surface area contributed by atoms with Crippen LogP contribution in [0.5, 0.6) is 0 Å². The van der Waals surface area contributed by atoms with Gasteiger partial charge in [0.1, 0.15) is 0 Å². The molecule has 127 valence electrons. The van der Waals surface area contributed by atoms with E-state index in [1.807, 2.05) is 0 Å². The van der Waals surface area contributed by atoms with Crippen LogP contribution in [-0.4, -0.2) is 35.6 Å². The summed E-state index contributed by atoms with van der Waals surface area (Å²) in [6.07, 6.45) is 14.1. The zero-order chi connectivity index (χ0) is 15.8. The number of ether oxygens (including phenoxy) is 1. The predicted octanol–water partition coefficient (Wildman–Crippen LogP) is 4.26. The van der Waals surface area contributed by atoms with Crippen molar-refractivity contribution in [1.29, 1.82) is 0 Å². The molecule has 0 fully saturated rings. The molecule has 0 aliphatic rings. The minimum absolute atomic E-state index is 0.0571. The van der Waals surface area contributed by atoms with E-state index < -0.39 is 5.60 Å². The summed E-state index contributed by atoms with van der Waals surface area (Å²) < 4.78 is 5.75. The molecule has 1 radical (unpaired) electrons. The fourth-order valence-corrected chi connectivity index (χ4v) is 2.56. The molecule has 0 aromatic rings. The van der Waals surface area contributed by atoms with Crippen LogP contribution in [0.4, 0.5) is 0 Å². The van der Waals surface area contributed by atoms with Crippen LogP contribution in [0.1, 0.15) is 84.0 Å². The first-order valence-corrected chi connectivity index (χ1v) is 8.89. The van der Waals surface area contributed by atoms with Crippen LogP contribution < -0.4 is 0 Å². The highest BCUT2D eigenvalue weighted by atomic mass is 16.5. The minimum Gasteiger partial charge on any atom is -0.396 e. The number of rotatable bonds is 16. The van der Waals surface area contributed by atoms with Gasteiger partial charge in [-0.1, -0.05) is 64.7 Å². The monoisotopic (exact) mass is 301 g/mol. The summed E-state index contributed by atoms with van der Waals surface area (Å²) in [7, 11) is 0. The van der Waals surface area contributed by atoms with E-state index >= 15 is 0 Å². The Kier molecular flexibility index (Phi) is 14.7. The van der Waals surface area contributed by atoms with Crippen LogP contribution in [-0.2, 0) is 4.74 Å². The molecule has 0 amide bonds. The molecule has 21 heavy (non-hydrogen) atoms. The quantitative estimate of drug-likeness (QED) is 0.419. The smallest absolute Gasteiger partial charge is 0.0727 e. The summed E-state index contributed by atoms with van der Waals surface area (Å²) in [4.78, 5) is 0. The third-order valence-electron chi connectivity index (χ3n) is 4.04. The van der Waals surface area contributed by atoms with Crippen LogP contribution in [0.15, 0.2) is 0 Å². The van der Waals surface area contributed by atoms with E-state index in [9.17, 15) is 0 Å². The molecule has 3 heteroatoms. The molecule has 0 rings (SSSR count). The summed E-state index contributed by atoms with van der Waals surface area (Å²) in [6.45, 7) is 7.04. The number of hydrogen-bond acceptors (Lipinski definition) is 3. The van der Waals surface area contributed by atoms with Crippen molar-refractivity contribution < 1.29 is 14.9 Å². The van der Waals surface area contributed by atoms with Gasteiger partial charge >= 0.3 is 0 Å². The van der Waals surface area contributed by atoms with Gasteiger partial charge in [0, 0.05) is 19.8 Å². The van der Waals surface area contributed by atoms with Crippen molar-refractivity contribution >= 4 is 0 Å². The van der Waals surface area contributed by atoms with Crippen molar-refractivity contribution in [3.05, 3.63) is 6.92 Å². The van der Waals surface area contributed by atoms with E-state index in [0.29, 0.717) is 19.4 Å². The molecule has 0 aromatic heterocycles. The fraction of sp³-hybridized carbons (Fsp3) is 0.944. The first-order chi connectivity index (χ1) is 10.2. The van der Waals surface area contributed by atoms with Gasteiger partial charge in [-0.3, -0.25) is 0 Å². The van der Waals surface area contributed by atoms with Gasteiger partial charge in [-0.05, 0) is 26.2 Å². The maximum Gasteiger partial charge on any atom is 0.0727 e. The van der Waals surface area contributed by atoms with Crippen LogP contribution in [0, 0.1) is 6.92 Å². The molecule has 0 spiro atoms. The van der Waals surface area contributed by atoms with E-state index in [4.69, 9.17) is 14.9 Å². The summed E-state index contributed by atoms with van der Waals surface area (Å²) in [5.41, 5.74) is -0.608. The predicted molar refractivity (Wildman–Crippen MR) is 89.3 cm³/mol. The average Bonchev–Trinajstić information content (AvgIpc) is 2.45. The van der Waals surface area contributed by atoms with Crippen molar-refractivity contribution in [3.63, 3.8) is 0 Å². The lowest BCUT2D eigenvalue weighted by molar-refractivity contribution is -0.0419. The van der Waals surface area contributed by atoms with Crippen LogP contribution in [0.25, 0.3) is 0 Å². The molecule has 0 atom stereocenters. The molecule has 0 aromatic carbocycles. The maximum absolute atomic E-state index is 9.00. The average molecular weight is 301 g/mol. The van der Waals surface area contributed by atoms with E-state index in [1.54, 1.807) is 0 Å². The van der Waals surface area contributed by atoms with Crippen molar-refractivity contribution in [2.75, 3.05) is 19.8 Å². The van der Waals surface area contributed by atoms with Gasteiger partial charge in [-0.15, -0.1) is 0 Å². The Labute approximate surface area is 132 Å². The van der Waals surface area contributed by atoms with Crippen molar-refractivity contribution in [3.8, 4) is 0 Å². The van der Waals surface area contributed by atoms with Gasteiger partial charge in [0.2, 0.25) is 0 Å². The SMILES string of the molecule is [CH2]C(CCO)(CCO)OCCCCCCCCCCCC. The van der Waals surface area contributed by atoms with Gasteiger partial charge in [-0.25, -0.2) is 0 Å². The molecule has 0 bridgehead atoms. The normalized spacial score (nSPS) is 12.0. The summed E-state index contributed by atoms with van der Waals surface area (Å²) >= 11 is 0. The molecule has 3 nitrogen and oxygen atoms in total. The Hall–Kier alpha value is -0.120. The lowest BCUT2D eigenvalue weighted by atomic mass is 9.98. The van der Waals surface area contributed by atoms with E-state index in [2.05, 4.69) is 13.8 Å². The molecular formula is C18H37O3. The molecule has 2 N–H and O–H groups in total. The zero-order valence-electron chi connectivity index (χ0n) is 14.1. The molecule has 0 heterocycles. The third kappa shape index (κ3) is 13.3. The van der Waals surface area contributed by atoms with Gasteiger partial charge in [0.15, 0.2) is 0 Å². The molecule has 0 saturated heterocycles. The van der Waals surface area contributed by atoms with Gasteiger partial charge in [-0.2, -0.15) is 0 Å². The Morgan fingerprint density at radius 1 is 0.762 bits per heavy atom. The molecular weight excluding hydrogens is 264 g/mol. The third-order valence-corrected chi connectivity index (χ3v) is 4.04. The highest BCUT2D eigenvalue weighted by molar-refractivity contribution is 4.83. The Balaban J connectivity index is 3.37. The number of aliphatic hydroxyl groups excluding tert-OH is 2. The Morgan fingerprint density at radius 3 is 1.62 bits per heavy atom. The lowest BCUT2D eigenvalue weighted by Gasteiger charge is -2.28.